The molecule has 1 aliphatic rings. The van der Waals surface area contributed by atoms with Crippen LogP contribution < -0.4 is 0 Å². The molecule has 33 heavy (non-hydrogen) atoms. The van der Waals surface area contributed by atoms with E-state index >= 15 is 0 Å². The first-order valence-corrected chi connectivity index (χ1v) is 11.6. The van der Waals surface area contributed by atoms with Gasteiger partial charge < -0.3 is 9.47 Å². The first-order chi connectivity index (χ1) is 16.0. The highest BCUT2D eigenvalue weighted by atomic mass is 19.1. The zero-order valence-electron chi connectivity index (χ0n) is 19.0. The Hall–Kier alpha value is -3.47. The second-order valence-electron chi connectivity index (χ2n) is 8.99. The van der Waals surface area contributed by atoms with Crippen molar-refractivity contribution in [2.24, 2.45) is 0 Å². The lowest BCUT2D eigenvalue weighted by atomic mass is 9.96. The van der Waals surface area contributed by atoms with E-state index in [0.29, 0.717) is 13.1 Å². The van der Waals surface area contributed by atoms with Gasteiger partial charge in [0.15, 0.2) is 0 Å². The third-order valence-corrected chi connectivity index (χ3v) is 6.77. The number of aryl methyl sites for hydroxylation is 1. The van der Waals surface area contributed by atoms with E-state index in [1.54, 1.807) is 12.1 Å². The second-order valence-corrected chi connectivity index (χ2v) is 8.99. The molecule has 1 atom stereocenters. The first-order valence-electron chi connectivity index (χ1n) is 11.6. The Kier molecular flexibility index (Phi) is 5.71. The van der Waals surface area contributed by atoms with Gasteiger partial charge >= 0.3 is 0 Å². The van der Waals surface area contributed by atoms with Crippen LogP contribution in [-0.4, -0.2) is 33.4 Å². The molecular formula is C28H28FN3O. The molecule has 0 saturated carbocycles. The van der Waals surface area contributed by atoms with Crippen LogP contribution in [0.25, 0.3) is 22.4 Å². The Morgan fingerprint density at radius 3 is 2.39 bits per heavy atom. The van der Waals surface area contributed by atoms with Gasteiger partial charge in [0.25, 0.3) is 0 Å². The molecule has 1 amide bonds. The average Bonchev–Trinajstić information content (AvgIpc) is 3.23. The molecule has 2 heterocycles. The highest BCUT2D eigenvalue weighted by Crippen LogP contribution is 2.34. The van der Waals surface area contributed by atoms with Gasteiger partial charge in [-0.05, 0) is 50.5 Å². The Bertz CT molecular complexity index is 1270. The van der Waals surface area contributed by atoms with Crippen molar-refractivity contribution in [1.82, 2.24) is 14.5 Å². The number of amides is 1. The fraction of sp³-hybridized carbons (Fsp3) is 0.286. The van der Waals surface area contributed by atoms with E-state index in [1.165, 1.54) is 11.6 Å². The topological polar surface area (TPSA) is 38.1 Å². The lowest BCUT2D eigenvalue weighted by Gasteiger charge is -2.35. The first kappa shape index (κ1) is 21.4. The van der Waals surface area contributed by atoms with Crippen LogP contribution >= 0.6 is 0 Å². The molecule has 1 saturated heterocycles. The minimum atomic E-state index is -0.261. The van der Waals surface area contributed by atoms with Gasteiger partial charge in [0.1, 0.15) is 11.6 Å². The van der Waals surface area contributed by atoms with Crippen LogP contribution in [0.2, 0.25) is 0 Å². The van der Waals surface area contributed by atoms with Gasteiger partial charge in [0, 0.05) is 24.7 Å². The highest BCUT2D eigenvalue weighted by Gasteiger charge is 2.29. The lowest BCUT2D eigenvalue weighted by molar-refractivity contribution is -0.133. The molecule has 0 bridgehead atoms. The Morgan fingerprint density at radius 2 is 1.70 bits per heavy atom. The predicted octanol–water partition coefficient (Wildman–Crippen LogP) is 6.12. The third kappa shape index (κ3) is 4.15. The molecule has 0 aliphatic carbocycles. The van der Waals surface area contributed by atoms with E-state index in [2.05, 4.69) is 23.6 Å². The number of carbonyl (C=O) groups excluding carboxylic acids is 1. The Morgan fingerprint density at radius 1 is 1.00 bits per heavy atom. The van der Waals surface area contributed by atoms with Crippen molar-refractivity contribution in [1.29, 1.82) is 0 Å². The molecule has 4 aromatic rings. The normalized spacial score (nSPS) is 15.7. The van der Waals surface area contributed by atoms with Gasteiger partial charge in [-0.3, -0.25) is 4.79 Å². The van der Waals surface area contributed by atoms with E-state index < -0.39 is 0 Å². The summed E-state index contributed by atoms with van der Waals surface area (Å²) in [5, 5.41) is 0. The Balaban J connectivity index is 1.40. The molecule has 1 fully saturated rings. The predicted molar refractivity (Wildman–Crippen MR) is 130 cm³/mol. The molecular weight excluding hydrogens is 413 g/mol. The maximum Gasteiger partial charge on any atom is 0.229 e. The maximum atomic E-state index is 14.1. The number of fused-ring (bicyclic) bond motifs is 1. The monoisotopic (exact) mass is 441 g/mol. The lowest BCUT2D eigenvalue weighted by Crippen LogP contribution is -2.41. The van der Waals surface area contributed by atoms with Crippen LogP contribution in [0.15, 0.2) is 72.8 Å². The molecule has 4 nitrogen and oxygen atoms in total. The average molecular weight is 442 g/mol. The largest absolute Gasteiger partial charge is 0.342 e. The van der Waals surface area contributed by atoms with Crippen molar-refractivity contribution in [3.05, 3.63) is 89.7 Å². The molecule has 0 radical (unpaired) electrons. The van der Waals surface area contributed by atoms with Crippen LogP contribution in [0.3, 0.4) is 0 Å². The highest BCUT2D eigenvalue weighted by molar-refractivity contribution is 5.84. The van der Waals surface area contributed by atoms with E-state index in [-0.39, 0.29) is 23.7 Å². The van der Waals surface area contributed by atoms with Gasteiger partial charge in [-0.1, -0.05) is 60.2 Å². The van der Waals surface area contributed by atoms with E-state index in [9.17, 15) is 9.18 Å². The third-order valence-electron chi connectivity index (χ3n) is 6.77. The zero-order chi connectivity index (χ0) is 22.9. The van der Waals surface area contributed by atoms with Gasteiger partial charge in [-0.2, -0.15) is 0 Å². The van der Waals surface area contributed by atoms with Crippen molar-refractivity contribution in [3.63, 3.8) is 0 Å². The van der Waals surface area contributed by atoms with Gasteiger partial charge in [0.05, 0.1) is 17.0 Å². The smallest absolute Gasteiger partial charge is 0.229 e. The fourth-order valence-corrected chi connectivity index (χ4v) is 4.84. The van der Waals surface area contributed by atoms with Crippen LogP contribution in [0.4, 0.5) is 4.39 Å². The summed E-state index contributed by atoms with van der Waals surface area (Å²) >= 11 is 0. The minimum absolute atomic E-state index is 0.158. The number of carbonyl (C=O) groups is 1. The quantitative estimate of drug-likeness (QED) is 0.383. The summed E-state index contributed by atoms with van der Waals surface area (Å²) < 4.78 is 16.3. The second kappa shape index (κ2) is 8.81. The molecule has 5 rings (SSSR count). The molecule has 0 spiro atoms. The van der Waals surface area contributed by atoms with Crippen LogP contribution in [0.1, 0.15) is 42.9 Å². The molecule has 0 unspecified atom stereocenters. The zero-order valence-corrected chi connectivity index (χ0v) is 19.0. The number of hydrogen-bond donors (Lipinski definition) is 0. The number of halogens is 1. The summed E-state index contributed by atoms with van der Waals surface area (Å²) in [4.78, 5) is 20.0. The van der Waals surface area contributed by atoms with Gasteiger partial charge in [-0.15, -0.1) is 0 Å². The minimum Gasteiger partial charge on any atom is -0.342 e. The number of imidazole rings is 1. The van der Waals surface area contributed by atoms with Gasteiger partial charge in [-0.25, -0.2) is 9.37 Å². The number of hydrogen-bond acceptors (Lipinski definition) is 2. The van der Waals surface area contributed by atoms with Crippen molar-refractivity contribution in [2.45, 2.75) is 38.6 Å². The summed E-state index contributed by atoms with van der Waals surface area (Å²) in [6.07, 6.45) is 1.63. The number of aromatic nitrogens is 2. The number of rotatable bonds is 4. The molecule has 168 valence electrons. The van der Waals surface area contributed by atoms with Crippen LogP contribution in [0.5, 0.6) is 0 Å². The van der Waals surface area contributed by atoms with Crippen molar-refractivity contribution < 1.29 is 9.18 Å². The van der Waals surface area contributed by atoms with E-state index in [4.69, 9.17) is 4.98 Å². The van der Waals surface area contributed by atoms with Crippen LogP contribution in [-0.2, 0) is 4.79 Å². The van der Waals surface area contributed by atoms with E-state index in [0.717, 1.165) is 40.8 Å². The summed E-state index contributed by atoms with van der Waals surface area (Å²) in [7, 11) is 0. The molecule has 1 aromatic heterocycles. The van der Waals surface area contributed by atoms with Crippen LogP contribution in [0, 0.1) is 12.7 Å². The summed E-state index contributed by atoms with van der Waals surface area (Å²) in [5.74, 6) is 0.601. The summed E-state index contributed by atoms with van der Waals surface area (Å²) in [6, 6.07) is 23.2. The van der Waals surface area contributed by atoms with Crippen molar-refractivity contribution in [3.8, 4) is 11.4 Å². The molecule has 5 heteroatoms. The SMILES string of the molecule is Cc1ccc([C@@H](C)C(=O)N2CCC(n3c(-c4ccccc4)nc4ccc(F)cc43)CC2)cc1. The number of benzene rings is 3. The number of likely N-dealkylation sites (tertiary alicyclic amines) is 1. The van der Waals surface area contributed by atoms with Gasteiger partial charge in [0.2, 0.25) is 5.91 Å². The fourth-order valence-electron chi connectivity index (χ4n) is 4.84. The Labute approximate surface area is 193 Å². The maximum absolute atomic E-state index is 14.1. The molecule has 0 N–H and O–H groups in total. The summed E-state index contributed by atoms with van der Waals surface area (Å²) in [5.41, 5.74) is 4.86. The number of nitrogens with zero attached hydrogens (tertiary/aromatic N) is 3. The van der Waals surface area contributed by atoms with E-state index in [1.807, 2.05) is 54.3 Å². The summed E-state index contributed by atoms with van der Waals surface area (Å²) in [6.45, 7) is 5.40. The number of piperidine rings is 1. The van der Waals surface area contributed by atoms with Crippen molar-refractivity contribution in [2.75, 3.05) is 13.1 Å². The molecule has 1 aliphatic heterocycles. The van der Waals surface area contributed by atoms with Crippen molar-refractivity contribution >= 4 is 16.9 Å². The standard InChI is InChI=1S/C28H28FN3O/c1-19-8-10-21(11-9-19)20(2)28(33)31-16-14-24(15-17-31)32-26-18-23(29)12-13-25(26)30-27(32)22-6-4-3-5-7-22/h3-13,18,20,24H,14-17H2,1-2H3/t20-/m1/s1. The molecule has 3 aromatic carbocycles.